The van der Waals surface area contributed by atoms with E-state index in [0.29, 0.717) is 0 Å². The molecular formula is C10H28N4Si. The Morgan fingerprint density at radius 3 is 2.00 bits per heavy atom. The van der Waals surface area contributed by atoms with E-state index in [1.54, 1.807) is 0 Å². The van der Waals surface area contributed by atoms with E-state index in [-0.39, 0.29) is 0 Å². The van der Waals surface area contributed by atoms with Crippen LogP contribution in [0.5, 0.6) is 0 Å². The van der Waals surface area contributed by atoms with E-state index in [1.165, 1.54) is 12.8 Å². The molecule has 0 atom stereocenters. The number of nitrogens with one attached hydrogen (secondary N) is 3. The molecule has 0 aliphatic carbocycles. The largest absolute Gasteiger partial charge is 0.368 e. The van der Waals surface area contributed by atoms with Crippen molar-refractivity contribution >= 4 is 8.72 Å². The monoisotopic (exact) mass is 232 g/mol. The fourth-order valence-corrected chi connectivity index (χ4v) is 4.84. The van der Waals surface area contributed by atoms with Crippen LogP contribution in [0.15, 0.2) is 0 Å². The topological polar surface area (TPSA) is 39.3 Å². The van der Waals surface area contributed by atoms with Gasteiger partial charge in [0.15, 0.2) is 0 Å². The van der Waals surface area contributed by atoms with E-state index in [9.17, 15) is 0 Å². The predicted octanol–water partition coefficient (Wildman–Crippen LogP) is 0.592. The summed E-state index contributed by atoms with van der Waals surface area (Å²) in [5.41, 5.74) is 0. The molecule has 0 radical (unpaired) electrons. The minimum atomic E-state index is -1.83. The Morgan fingerprint density at radius 2 is 1.67 bits per heavy atom. The molecule has 0 rings (SSSR count). The van der Waals surface area contributed by atoms with Gasteiger partial charge in [-0.1, -0.05) is 27.2 Å². The average molecular weight is 232 g/mol. The first-order valence-corrected chi connectivity index (χ1v) is 8.03. The van der Waals surface area contributed by atoms with Gasteiger partial charge in [0.25, 0.3) is 0 Å². The van der Waals surface area contributed by atoms with Crippen molar-refractivity contribution < 1.29 is 0 Å². The van der Waals surface area contributed by atoms with Gasteiger partial charge in [-0.2, -0.15) is 0 Å². The number of nitrogens with zero attached hydrogens (tertiary/aromatic N) is 1. The van der Waals surface area contributed by atoms with E-state index in [4.69, 9.17) is 0 Å². The van der Waals surface area contributed by atoms with Crippen LogP contribution in [-0.2, 0) is 0 Å². The highest BCUT2D eigenvalue weighted by molar-refractivity contribution is 6.69. The minimum absolute atomic E-state index is 0.997. The summed E-state index contributed by atoms with van der Waals surface area (Å²) in [6, 6.07) is 0. The van der Waals surface area contributed by atoms with Gasteiger partial charge in [-0.25, -0.2) is 0 Å². The van der Waals surface area contributed by atoms with Crippen LogP contribution in [0.3, 0.4) is 0 Å². The predicted molar refractivity (Wildman–Crippen MR) is 69.7 cm³/mol. The molecule has 0 saturated heterocycles. The third-order valence-corrected chi connectivity index (χ3v) is 6.59. The first-order chi connectivity index (χ1) is 7.20. The normalized spacial score (nSPS) is 12.4. The molecule has 0 aromatic rings. The quantitative estimate of drug-likeness (QED) is 0.509. The molecule has 0 aliphatic heterocycles. The van der Waals surface area contributed by atoms with Crippen LogP contribution in [-0.4, -0.2) is 47.0 Å². The van der Waals surface area contributed by atoms with Crippen molar-refractivity contribution in [3.63, 3.8) is 0 Å². The maximum atomic E-state index is 3.60. The van der Waals surface area contributed by atoms with Crippen molar-refractivity contribution in [1.82, 2.24) is 19.5 Å². The highest BCUT2D eigenvalue weighted by Gasteiger charge is 2.36. The Kier molecular flexibility index (Phi) is 8.27. The molecule has 4 nitrogen and oxygen atoms in total. The van der Waals surface area contributed by atoms with Crippen molar-refractivity contribution in [2.75, 3.05) is 33.7 Å². The highest BCUT2D eigenvalue weighted by atomic mass is 28.4. The zero-order valence-electron chi connectivity index (χ0n) is 11.0. The molecule has 0 unspecified atom stereocenters. The standard InChI is InChI=1S/C10H28N4Si/c1-6-9-10-14(8-3)15(11-4,12-5)13-7-2/h11-13H,6-10H2,1-5H3. The van der Waals surface area contributed by atoms with Crippen molar-refractivity contribution in [2.45, 2.75) is 33.6 Å². The van der Waals surface area contributed by atoms with Crippen molar-refractivity contribution in [2.24, 2.45) is 0 Å². The molecule has 0 amide bonds. The Bertz CT molecular complexity index is 150. The lowest BCUT2D eigenvalue weighted by Gasteiger charge is -2.40. The first-order valence-electron chi connectivity index (χ1n) is 6.08. The molecule has 0 aromatic heterocycles. The van der Waals surface area contributed by atoms with Gasteiger partial charge in [-0.15, -0.1) is 0 Å². The summed E-state index contributed by atoms with van der Waals surface area (Å²) in [4.78, 5) is 10.5. The highest BCUT2D eigenvalue weighted by Crippen LogP contribution is 2.02. The van der Waals surface area contributed by atoms with Crippen LogP contribution in [0.2, 0.25) is 0 Å². The van der Waals surface area contributed by atoms with Crippen molar-refractivity contribution in [3.8, 4) is 0 Å². The van der Waals surface area contributed by atoms with E-state index < -0.39 is 8.72 Å². The zero-order valence-corrected chi connectivity index (χ0v) is 12.0. The third kappa shape index (κ3) is 4.20. The Hall–Kier alpha value is 0.0569. The van der Waals surface area contributed by atoms with Gasteiger partial charge >= 0.3 is 8.72 Å². The third-order valence-electron chi connectivity index (χ3n) is 2.79. The molecule has 0 aromatic carbocycles. The van der Waals surface area contributed by atoms with E-state index in [0.717, 1.165) is 19.6 Å². The molecule has 0 heterocycles. The molecule has 0 saturated carbocycles. The zero-order chi connectivity index (χ0) is 11.7. The summed E-state index contributed by atoms with van der Waals surface area (Å²) in [6.45, 7) is 9.86. The van der Waals surface area contributed by atoms with E-state index >= 15 is 0 Å². The second-order valence-corrected chi connectivity index (χ2v) is 7.08. The van der Waals surface area contributed by atoms with E-state index in [2.05, 4.69) is 40.3 Å². The molecular weight excluding hydrogens is 204 g/mol. The molecule has 5 heteroatoms. The van der Waals surface area contributed by atoms with Gasteiger partial charge in [0, 0.05) is 0 Å². The maximum absolute atomic E-state index is 3.60. The summed E-state index contributed by atoms with van der Waals surface area (Å²) in [6.07, 6.45) is 2.51. The van der Waals surface area contributed by atoms with Crippen LogP contribution in [0.4, 0.5) is 0 Å². The maximum Gasteiger partial charge on any atom is 0.368 e. The fourth-order valence-electron chi connectivity index (χ4n) is 1.90. The Balaban J connectivity index is 4.51. The summed E-state index contributed by atoms with van der Waals surface area (Å²) in [5.74, 6) is 0. The molecule has 0 fully saturated rings. The first kappa shape index (κ1) is 15.1. The van der Waals surface area contributed by atoms with Gasteiger partial charge in [-0.3, -0.25) is 4.57 Å². The number of rotatable bonds is 9. The van der Waals surface area contributed by atoms with Gasteiger partial charge in [-0.05, 0) is 40.2 Å². The van der Waals surface area contributed by atoms with E-state index in [1.807, 2.05) is 14.1 Å². The number of unbranched alkanes of at least 4 members (excludes halogenated alkanes) is 1. The molecule has 0 spiro atoms. The lowest BCUT2D eigenvalue weighted by molar-refractivity contribution is 0.395. The van der Waals surface area contributed by atoms with Gasteiger partial charge < -0.3 is 14.9 Å². The molecule has 92 valence electrons. The lowest BCUT2D eigenvalue weighted by Crippen LogP contribution is -2.80. The molecule has 0 aliphatic rings. The summed E-state index contributed by atoms with van der Waals surface area (Å²) in [7, 11) is 2.26. The summed E-state index contributed by atoms with van der Waals surface area (Å²) < 4.78 is 2.53. The fraction of sp³-hybridized carbons (Fsp3) is 1.00. The van der Waals surface area contributed by atoms with Crippen LogP contribution in [0, 0.1) is 0 Å². The molecule has 0 bridgehead atoms. The Labute approximate surface area is 96.1 Å². The van der Waals surface area contributed by atoms with Crippen LogP contribution in [0.1, 0.15) is 33.6 Å². The Morgan fingerprint density at radius 1 is 1.07 bits per heavy atom. The lowest BCUT2D eigenvalue weighted by atomic mass is 10.3. The SMILES string of the molecule is CCCCN(CC)[Si](NC)(NC)NCC. The second-order valence-electron chi connectivity index (χ2n) is 3.67. The molecule has 3 N–H and O–H groups in total. The molecule has 15 heavy (non-hydrogen) atoms. The smallest absolute Gasteiger partial charge is 0.303 e. The van der Waals surface area contributed by atoms with Crippen molar-refractivity contribution in [1.29, 1.82) is 0 Å². The van der Waals surface area contributed by atoms with Crippen LogP contribution in [0.25, 0.3) is 0 Å². The van der Waals surface area contributed by atoms with Gasteiger partial charge in [0.1, 0.15) is 0 Å². The van der Waals surface area contributed by atoms with Crippen LogP contribution >= 0.6 is 0 Å². The number of hydrogen-bond donors (Lipinski definition) is 3. The van der Waals surface area contributed by atoms with Gasteiger partial charge in [0.2, 0.25) is 0 Å². The number of hydrogen-bond acceptors (Lipinski definition) is 4. The minimum Gasteiger partial charge on any atom is -0.303 e. The summed E-state index contributed by atoms with van der Waals surface area (Å²) >= 11 is 0. The summed E-state index contributed by atoms with van der Waals surface area (Å²) in [5, 5.41) is 0. The van der Waals surface area contributed by atoms with Crippen molar-refractivity contribution in [3.05, 3.63) is 0 Å². The second kappa shape index (κ2) is 8.24. The van der Waals surface area contributed by atoms with Crippen LogP contribution < -0.4 is 14.9 Å². The van der Waals surface area contributed by atoms with Gasteiger partial charge in [0.05, 0.1) is 0 Å². The average Bonchev–Trinajstić information content (AvgIpc) is 2.28.